The molecule has 1 atom stereocenters. The number of ether oxygens (including phenoxy) is 1. The minimum atomic E-state index is 0. The van der Waals surface area contributed by atoms with Gasteiger partial charge in [-0.25, -0.2) is 9.97 Å². The van der Waals surface area contributed by atoms with Crippen molar-refractivity contribution in [3.8, 4) is 0 Å². The van der Waals surface area contributed by atoms with E-state index < -0.39 is 0 Å². The van der Waals surface area contributed by atoms with Gasteiger partial charge in [0.25, 0.3) is 0 Å². The van der Waals surface area contributed by atoms with Gasteiger partial charge < -0.3 is 20.3 Å². The molecule has 0 aromatic carbocycles. The van der Waals surface area contributed by atoms with Gasteiger partial charge in [0.05, 0.1) is 13.2 Å². The maximum Gasteiger partial charge on any atom is 0.225 e. The van der Waals surface area contributed by atoms with Crippen LogP contribution in [0.15, 0.2) is 23.5 Å². The number of hydrogen-bond donors (Lipinski definition) is 2. The van der Waals surface area contributed by atoms with Crippen LogP contribution >= 0.6 is 24.0 Å². The van der Waals surface area contributed by atoms with Crippen LogP contribution in [0, 0.1) is 5.92 Å². The number of nitrogens with zero attached hydrogens (tertiary/aromatic N) is 6. The van der Waals surface area contributed by atoms with Crippen LogP contribution in [0.4, 0.5) is 5.95 Å². The van der Waals surface area contributed by atoms with E-state index in [4.69, 9.17) is 4.74 Å². The van der Waals surface area contributed by atoms with Crippen molar-refractivity contribution < 1.29 is 4.74 Å². The van der Waals surface area contributed by atoms with Crippen LogP contribution in [-0.4, -0.2) is 111 Å². The molecule has 31 heavy (non-hydrogen) atoms. The van der Waals surface area contributed by atoms with E-state index >= 15 is 0 Å². The van der Waals surface area contributed by atoms with E-state index in [-0.39, 0.29) is 24.0 Å². The third-order valence-electron chi connectivity index (χ3n) is 5.91. The molecule has 1 aromatic heterocycles. The standard InChI is InChI=1S/C21H38N8O.HI/c1-18(2)19(28-13-15-30-16-14-28)17-26-20(22-3)23-7-8-27-9-11-29(12-10-27)21-24-5-4-6-25-21;/h4-6,18-19H,7-17H2,1-3H3,(H2,22,23,26);1H. The summed E-state index contributed by atoms with van der Waals surface area (Å²) < 4.78 is 5.51. The van der Waals surface area contributed by atoms with E-state index in [1.807, 2.05) is 13.1 Å². The number of nitrogens with one attached hydrogen (secondary N) is 2. The van der Waals surface area contributed by atoms with Gasteiger partial charge in [-0.2, -0.15) is 0 Å². The molecule has 3 heterocycles. The second-order valence-corrected chi connectivity index (χ2v) is 8.22. The number of halogens is 1. The van der Waals surface area contributed by atoms with Crippen molar-refractivity contribution in [3.63, 3.8) is 0 Å². The van der Waals surface area contributed by atoms with Crippen molar-refractivity contribution in [3.05, 3.63) is 18.5 Å². The van der Waals surface area contributed by atoms with Crippen molar-refractivity contribution in [2.75, 3.05) is 84.1 Å². The molecule has 0 bridgehead atoms. The zero-order chi connectivity index (χ0) is 21.2. The fraction of sp³-hybridized carbons (Fsp3) is 0.762. The van der Waals surface area contributed by atoms with Crippen LogP contribution in [-0.2, 0) is 4.74 Å². The number of guanidine groups is 1. The Morgan fingerprint density at radius 2 is 1.74 bits per heavy atom. The van der Waals surface area contributed by atoms with Crippen LogP contribution in [0.5, 0.6) is 0 Å². The second-order valence-electron chi connectivity index (χ2n) is 8.22. The lowest BCUT2D eigenvalue weighted by molar-refractivity contribution is 0.00752. The van der Waals surface area contributed by atoms with E-state index in [0.29, 0.717) is 12.0 Å². The zero-order valence-corrected chi connectivity index (χ0v) is 21.5. The molecule has 10 heteroatoms. The molecule has 0 amide bonds. The highest BCUT2D eigenvalue weighted by molar-refractivity contribution is 14.0. The molecule has 0 radical (unpaired) electrons. The zero-order valence-electron chi connectivity index (χ0n) is 19.2. The summed E-state index contributed by atoms with van der Waals surface area (Å²) in [5, 5.41) is 7.00. The number of rotatable bonds is 8. The van der Waals surface area contributed by atoms with Gasteiger partial charge >= 0.3 is 0 Å². The second kappa shape index (κ2) is 14.0. The summed E-state index contributed by atoms with van der Waals surface area (Å²) in [6.45, 7) is 15.0. The molecule has 176 valence electrons. The summed E-state index contributed by atoms with van der Waals surface area (Å²) in [7, 11) is 1.84. The summed E-state index contributed by atoms with van der Waals surface area (Å²) in [6, 6.07) is 2.34. The lowest BCUT2D eigenvalue weighted by Gasteiger charge is -2.37. The topological polar surface area (TPSA) is 81.2 Å². The average molecular weight is 547 g/mol. The first-order chi connectivity index (χ1) is 14.7. The first-order valence-electron chi connectivity index (χ1n) is 11.2. The van der Waals surface area contributed by atoms with E-state index in [1.165, 1.54) is 0 Å². The van der Waals surface area contributed by atoms with Crippen molar-refractivity contribution in [2.24, 2.45) is 10.9 Å². The third kappa shape index (κ3) is 8.32. The predicted molar refractivity (Wildman–Crippen MR) is 136 cm³/mol. The fourth-order valence-electron chi connectivity index (χ4n) is 4.08. The van der Waals surface area contributed by atoms with E-state index in [2.05, 4.69) is 54.1 Å². The molecule has 2 aliphatic heterocycles. The van der Waals surface area contributed by atoms with E-state index in [9.17, 15) is 0 Å². The summed E-state index contributed by atoms with van der Waals surface area (Å²) in [5.41, 5.74) is 0. The maximum absolute atomic E-state index is 5.51. The van der Waals surface area contributed by atoms with Crippen molar-refractivity contribution in [1.82, 2.24) is 30.4 Å². The number of aliphatic imine (C=N–C) groups is 1. The van der Waals surface area contributed by atoms with E-state index in [0.717, 1.165) is 84.0 Å². The lowest BCUT2D eigenvalue weighted by atomic mass is 10.0. The SMILES string of the molecule is CN=C(NCCN1CCN(c2ncccn2)CC1)NCC(C(C)C)N1CCOCC1.I. The maximum atomic E-state index is 5.51. The van der Waals surface area contributed by atoms with Gasteiger partial charge in [0.15, 0.2) is 5.96 Å². The highest BCUT2D eigenvalue weighted by Gasteiger charge is 2.24. The Bertz CT molecular complexity index is 634. The Hall–Kier alpha value is -1.24. The lowest BCUT2D eigenvalue weighted by Crippen LogP contribution is -2.53. The van der Waals surface area contributed by atoms with Gasteiger partial charge in [-0.3, -0.25) is 14.8 Å². The molecule has 1 aromatic rings. The quantitative estimate of drug-likeness (QED) is 0.281. The number of piperazine rings is 1. The third-order valence-corrected chi connectivity index (χ3v) is 5.91. The molecule has 9 nitrogen and oxygen atoms in total. The van der Waals surface area contributed by atoms with Crippen molar-refractivity contribution >= 4 is 35.9 Å². The minimum absolute atomic E-state index is 0. The molecule has 2 N–H and O–H groups in total. The molecule has 3 rings (SSSR count). The fourth-order valence-corrected chi connectivity index (χ4v) is 4.08. The summed E-state index contributed by atoms with van der Waals surface area (Å²) in [4.78, 5) is 20.4. The molecule has 2 fully saturated rings. The number of morpholine rings is 1. The van der Waals surface area contributed by atoms with Crippen LogP contribution in [0.25, 0.3) is 0 Å². The van der Waals surface area contributed by atoms with Gasteiger partial charge in [0.2, 0.25) is 5.95 Å². The van der Waals surface area contributed by atoms with Crippen LogP contribution in [0.3, 0.4) is 0 Å². The molecule has 0 saturated carbocycles. The average Bonchev–Trinajstić information content (AvgIpc) is 2.79. The van der Waals surface area contributed by atoms with Gasteiger partial charge in [0.1, 0.15) is 0 Å². The number of hydrogen-bond acceptors (Lipinski definition) is 7. The smallest absolute Gasteiger partial charge is 0.225 e. The molecular formula is C21H39IN8O. The minimum Gasteiger partial charge on any atom is -0.379 e. The first-order valence-corrected chi connectivity index (χ1v) is 11.2. The van der Waals surface area contributed by atoms with Gasteiger partial charge in [0, 0.05) is 84.4 Å². The summed E-state index contributed by atoms with van der Waals surface area (Å²) in [6.07, 6.45) is 3.61. The summed E-state index contributed by atoms with van der Waals surface area (Å²) in [5.74, 6) is 2.30. The number of aromatic nitrogens is 2. The first kappa shape index (κ1) is 26.0. The Balaban J connectivity index is 0.00000341. The van der Waals surface area contributed by atoms with Crippen LogP contribution in [0.2, 0.25) is 0 Å². The monoisotopic (exact) mass is 546 g/mol. The molecule has 1 unspecified atom stereocenters. The molecule has 2 aliphatic rings. The highest BCUT2D eigenvalue weighted by atomic mass is 127. The Morgan fingerprint density at radius 3 is 2.35 bits per heavy atom. The van der Waals surface area contributed by atoms with Crippen LogP contribution in [0.1, 0.15) is 13.8 Å². The molecule has 0 aliphatic carbocycles. The molecular weight excluding hydrogens is 507 g/mol. The normalized spacial score (nSPS) is 19.7. The van der Waals surface area contributed by atoms with Crippen LogP contribution < -0.4 is 15.5 Å². The van der Waals surface area contributed by atoms with Gasteiger partial charge in [-0.15, -0.1) is 24.0 Å². The molecule has 0 spiro atoms. The molecule has 2 saturated heterocycles. The Kier molecular flexibility index (Phi) is 11.8. The summed E-state index contributed by atoms with van der Waals surface area (Å²) >= 11 is 0. The predicted octanol–water partition coefficient (Wildman–Crippen LogP) is 0.738. The van der Waals surface area contributed by atoms with Gasteiger partial charge in [-0.1, -0.05) is 13.8 Å². The Morgan fingerprint density at radius 1 is 1.06 bits per heavy atom. The van der Waals surface area contributed by atoms with E-state index in [1.54, 1.807) is 12.4 Å². The largest absolute Gasteiger partial charge is 0.379 e. The number of anilines is 1. The Labute approximate surface area is 204 Å². The van der Waals surface area contributed by atoms with Crippen molar-refractivity contribution in [1.29, 1.82) is 0 Å². The van der Waals surface area contributed by atoms with Gasteiger partial charge in [-0.05, 0) is 12.0 Å². The van der Waals surface area contributed by atoms with Crippen molar-refractivity contribution in [2.45, 2.75) is 19.9 Å². The highest BCUT2D eigenvalue weighted by Crippen LogP contribution is 2.12.